The third kappa shape index (κ3) is 7.65. The van der Waals surface area contributed by atoms with E-state index < -0.39 is 0 Å². The summed E-state index contributed by atoms with van der Waals surface area (Å²) in [5.74, 6) is -0.00951. The number of carbonyl (C=O) groups is 3. The summed E-state index contributed by atoms with van der Waals surface area (Å²) in [6.45, 7) is 5.42. The standard InChI is InChI=1S/C11H18O3/c1-8(2)4-5-10(13)7-11(14)6-9(3)12/h8H,4-7H2,1-3H3. The zero-order valence-corrected chi connectivity index (χ0v) is 9.13. The number of ketones is 3. The van der Waals surface area contributed by atoms with Crippen molar-refractivity contribution in [3.8, 4) is 0 Å². The number of hydrogen-bond donors (Lipinski definition) is 0. The van der Waals surface area contributed by atoms with Crippen molar-refractivity contribution in [2.24, 2.45) is 5.92 Å². The number of Topliss-reactive ketones (excluding diaryl/α,β-unsaturated/α-hetero) is 3. The first kappa shape index (κ1) is 13.0. The van der Waals surface area contributed by atoms with Gasteiger partial charge in [0, 0.05) is 6.42 Å². The molecule has 0 aromatic heterocycles. The Labute approximate surface area is 84.9 Å². The van der Waals surface area contributed by atoms with Crippen LogP contribution in [0.15, 0.2) is 0 Å². The van der Waals surface area contributed by atoms with Crippen molar-refractivity contribution < 1.29 is 14.4 Å². The van der Waals surface area contributed by atoms with Gasteiger partial charge in [-0.2, -0.15) is 0 Å². The first-order chi connectivity index (χ1) is 6.41. The Balaban J connectivity index is 3.72. The molecule has 0 saturated heterocycles. The normalized spacial score (nSPS) is 10.3. The van der Waals surface area contributed by atoms with E-state index in [9.17, 15) is 14.4 Å². The fraction of sp³-hybridized carbons (Fsp3) is 0.727. The summed E-state index contributed by atoms with van der Waals surface area (Å²) in [7, 11) is 0. The van der Waals surface area contributed by atoms with E-state index in [0.717, 1.165) is 6.42 Å². The van der Waals surface area contributed by atoms with Gasteiger partial charge in [0.25, 0.3) is 0 Å². The summed E-state index contributed by atoms with van der Waals surface area (Å²) < 4.78 is 0. The molecule has 0 spiro atoms. The van der Waals surface area contributed by atoms with Gasteiger partial charge in [0.15, 0.2) is 0 Å². The number of carbonyl (C=O) groups excluding carboxylic acids is 3. The molecule has 80 valence electrons. The van der Waals surface area contributed by atoms with Crippen LogP contribution >= 0.6 is 0 Å². The van der Waals surface area contributed by atoms with Crippen LogP contribution in [0, 0.1) is 5.92 Å². The minimum Gasteiger partial charge on any atom is -0.300 e. The summed E-state index contributed by atoms with van der Waals surface area (Å²) in [4.78, 5) is 32.8. The van der Waals surface area contributed by atoms with Gasteiger partial charge in [0.1, 0.15) is 17.3 Å². The summed E-state index contributed by atoms with van der Waals surface area (Å²) in [5.41, 5.74) is 0. The van der Waals surface area contributed by atoms with Gasteiger partial charge in [-0.05, 0) is 19.3 Å². The van der Waals surface area contributed by atoms with Crippen LogP contribution in [-0.4, -0.2) is 17.3 Å². The molecule has 0 radical (unpaired) electrons. The molecule has 0 aromatic carbocycles. The van der Waals surface area contributed by atoms with Crippen LogP contribution in [-0.2, 0) is 14.4 Å². The van der Waals surface area contributed by atoms with Gasteiger partial charge in [-0.15, -0.1) is 0 Å². The van der Waals surface area contributed by atoms with Gasteiger partial charge in [0.2, 0.25) is 0 Å². The third-order valence-corrected chi connectivity index (χ3v) is 1.84. The molecular weight excluding hydrogens is 180 g/mol. The Morgan fingerprint density at radius 2 is 1.57 bits per heavy atom. The average molecular weight is 198 g/mol. The highest BCUT2D eigenvalue weighted by molar-refractivity contribution is 6.06. The molecule has 0 heterocycles. The quantitative estimate of drug-likeness (QED) is 0.587. The van der Waals surface area contributed by atoms with E-state index in [-0.39, 0.29) is 30.2 Å². The first-order valence-corrected chi connectivity index (χ1v) is 4.94. The van der Waals surface area contributed by atoms with Gasteiger partial charge < -0.3 is 0 Å². The monoisotopic (exact) mass is 198 g/mol. The highest BCUT2D eigenvalue weighted by atomic mass is 16.2. The number of rotatable bonds is 7. The Morgan fingerprint density at radius 3 is 2.00 bits per heavy atom. The van der Waals surface area contributed by atoms with Gasteiger partial charge in [-0.3, -0.25) is 14.4 Å². The molecule has 0 saturated carbocycles. The molecule has 0 aromatic rings. The highest BCUT2D eigenvalue weighted by Gasteiger charge is 2.11. The molecule has 14 heavy (non-hydrogen) atoms. The van der Waals surface area contributed by atoms with Crippen LogP contribution in [0.3, 0.4) is 0 Å². The second-order valence-corrected chi connectivity index (χ2v) is 4.07. The molecule has 0 aliphatic rings. The van der Waals surface area contributed by atoms with E-state index in [1.165, 1.54) is 6.92 Å². The molecule has 0 N–H and O–H groups in total. The van der Waals surface area contributed by atoms with Crippen molar-refractivity contribution in [3.05, 3.63) is 0 Å². The molecule has 0 aliphatic heterocycles. The second kappa shape index (κ2) is 6.46. The summed E-state index contributed by atoms with van der Waals surface area (Å²) in [6.07, 6.45) is 1.08. The molecule has 0 fully saturated rings. The van der Waals surface area contributed by atoms with Crippen molar-refractivity contribution in [2.45, 2.75) is 46.5 Å². The SMILES string of the molecule is CC(=O)CC(=O)CC(=O)CCC(C)C. The van der Waals surface area contributed by atoms with Crippen molar-refractivity contribution in [2.75, 3.05) is 0 Å². The molecule has 0 atom stereocenters. The maximum absolute atomic E-state index is 11.2. The lowest BCUT2D eigenvalue weighted by Crippen LogP contribution is -2.11. The summed E-state index contributed by atoms with van der Waals surface area (Å²) in [6, 6.07) is 0. The van der Waals surface area contributed by atoms with E-state index in [2.05, 4.69) is 0 Å². The van der Waals surface area contributed by atoms with Gasteiger partial charge in [0.05, 0.1) is 12.8 Å². The minimum atomic E-state index is -0.258. The van der Waals surface area contributed by atoms with E-state index in [1.54, 1.807) is 0 Å². The molecule has 3 heteroatoms. The van der Waals surface area contributed by atoms with E-state index in [4.69, 9.17) is 0 Å². The van der Waals surface area contributed by atoms with Crippen LogP contribution in [0.25, 0.3) is 0 Å². The highest BCUT2D eigenvalue weighted by Crippen LogP contribution is 2.06. The molecule has 0 unspecified atom stereocenters. The fourth-order valence-corrected chi connectivity index (χ4v) is 1.10. The molecule has 0 aliphatic carbocycles. The predicted molar refractivity (Wildman–Crippen MR) is 54.0 cm³/mol. The maximum atomic E-state index is 11.2. The van der Waals surface area contributed by atoms with Gasteiger partial charge in [-0.1, -0.05) is 13.8 Å². The molecule has 0 bridgehead atoms. The third-order valence-electron chi connectivity index (χ3n) is 1.84. The topological polar surface area (TPSA) is 51.2 Å². The minimum absolute atomic E-state index is 0.0510. The lowest BCUT2D eigenvalue weighted by molar-refractivity contribution is -0.129. The molecular formula is C11H18O3. The van der Waals surface area contributed by atoms with Crippen molar-refractivity contribution >= 4 is 17.3 Å². The van der Waals surface area contributed by atoms with Crippen molar-refractivity contribution in [1.82, 2.24) is 0 Å². The van der Waals surface area contributed by atoms with Gasteiger partial charge in [-0.25, -0.2) is 0 Å². The zero-order chi connectivity index (χ0) is 11.1. The smallest absolute Gasteiger partial charge is 0.147 e. The lowest BCUT2D eigenvalue weighted by atomic mass is 10.0. The first-order valence-electron chi connectivity index (χ1n) is 4.94. The van der Waals surface area contributed by atoms with Crippen LogP contribution in [0.4, 0.5) is 0 Å². The van der Waals surface area contributed by atoms with Crippen LogP contribution in [0.1, 0.15) is 46.5 Å². The maximum Gasteiger partial charge on any atom is 0.147 e. The van der Waals surface area contributed by atoms with Crippen LogP contribution in [0.5, 0.6) is 0 Å². The van der Waals surface area contributed by atoms with Crippen LogP contribution in [0.2, 0.25) is 0 Å². The second-order valence-electron chi connectivity index (χ2n) is 4.07. The number of hydrogen-bond acceptors (Lipinski definition) is 3. The van der Waals surface area contributed by atoms with E-state index >= 15 is 0 Å². The molecule has 0 rings (SSSR count). The molecule has 3 nitrogen and oxygen atoms in total. The van der Waals surface area contributed by atoms with Crippen molar-refractivity contribution in [3.63, 3.8) is 0 Å². The largest absolute Gasteiger partial charge is 0.300 e. The Hall–Kier alpha value is -0.990. The predicted octanol–water partition coefficient (Wildman–Crippen LogP) is 1.93. The van der Waals surface area contributed by atoms with Gasteiger partial charge >= 0.3 is 0 Å². The molecule has 0 amide bonds. The Kier molecular flexibility index (Phi) is 6.00. The lowest BCUT2D eigenvalue weighted by Gasteiger charge is -2.02. The summed E-state index contributed by atoms with van der Waals surface area (Å²) >= 11 is 0. The zero-order valence-electron chi connectivity index (χ0n) is 9.13. The van der Waals surface area contributed by atoms with Crippen LogP contribution < -0.4 is 0 Å². The Bertz CT molecular complexity index is 229. The fourth-order valence-electron chi connectivity index (χ4n) is 1.10. The average Bonchev–Trinajstić information content (AvgIpc) is 1.98. The van der Waals surface area contributed by atoms with Crippen molar-refractivity contribution in [1.29, 1.82) is 0 Å². The van der Waals surface area contributed by atoms with E-state index in [1.807, 2.05) is 13.8 Å². The Morgan fingerprint density at radius 1 is 1.00 bits per heavy atom. The summed E-state index contributed by atoms with van der Waals surface area (Å²) in [5, 5.41) is 0. The van der Waals surface area contributed by atoms with E-state index in [0.29, 0.717) is 12.3 Å².